The van der Waals surface area contributed by atoms with E-state index in [9.17, 15) is 4.79 Å². The van der Waals surface area contributed by atoms with Crippen LogP contribution in [0.4, 0.5) is 0 Å². The zero-order chi connectivity index (χ0) is 21.9. The zero-order valence-corrected chi connectivity index (χ0v) is 19.3. The first-order valence-electron chi connectivity index (χ1n) is 10.8. The number of nitrogens with two attached hydrogens (primary N) is 1. The first-order valence-corrected chi connectivity index (χ1v) is 11.2. The number of likely N-dealkylation sites (tertiary alicyclic amines) is 2. The molecule has 0 unspecified atom stereocenters. The highest BCUT2D eigenvalue weighted by Crippen LogP contribution is 2.41. The molecule has 2 aliphatic heterocycles. The Kier molecular flexibility index (Phi) is 7.24. The van der Waals surface area contributed by atoms with Gasteiger partial charge in [-0.25, -0.2) is 0 Å². The number of carbonyl (C=O) groups excluding carboxylic acids is 1. The van der Waals surface area contributed by atoms with Crippen LogP contribution in [0.1, 0.15) is 51.0 Å². The topological polar surface area (TPSA) is 88.0 Å². The summed E-state index contributed by atoms with van der Waals surface area (Å²) in [4.78, 5) is 21.8. The van der Waals surface area contributed by atoms with Crippen molar-refractivity contribution in [1.82, 2.24) is 15.0 Å². The molecule has 0 aromatic carbocycles. The number of hydrogen-bond acceptors (Lipinski definition) is 6. The molecule has 0 bridgehead atoms. The normalized spacial score (nSPS) is 21.3. The van der Waals surface area contributed by atoms with Crippen molar-refractivity contribution in [2.75, 3.05) is 39.8 Å². The smallest absolute Gasteiger partial charge is 0.259 e. The lowest BCUT2D eigenvalue weighted by atomic mass is 9.71. The van der Waals surface area contributed by atoms with Gasteiger partial charge in [-0.1, -0.05) is 30.6 Å². The van der Waals surface area contributed by atoms with Gasteiger partial charge in [0.05, 0.1) is 5.70 Å². The van der Waals surface area contributed by atoms with Crippen molar-refractivity contribution in [3.8, 4) is 0 Å². The third-order valence-electron chi connectivity index (χ3n) is 6.44. The summed E-state index contributed by atoms with van der Waals surface area (Å²) < 4.78 is 5.11. The maximum Gasteiger partial charge on any atom is 0.259 e. The summed E-state index contributed by atoms with van der Waals surface area (Å²) in [5.74, 6) is 1.14. The van der Waals surface area contributed by atoms with Crippen LogP contribution >= 0.6 is 11.6 Å². The van der Waals surface area contributed by atoms with Gasteiger partial charge >= 0.3 is 0 Å². The quantitative estimate of drug-likeness (QED) is 0.566. The van der Waals surface area contributed by atoms with Crippen LogP contribution in [0.5, 0.6) is 0 Å². The summed E-state index contributed by atoms with van der Waals surface area (Å²) in [5, 5.41) is 4.03. The summed E-state index contributed by atoms with van der Waals surface area (Å²) in [6.07, 6.45) is 4.46. The van der Waals surface area contributed by atoms with Crippen molar-refractivity contribution < 1.29 is 9.32 Å². The minimum absolute atomic E-state index is 0.0976. The summed E-state index contributed by atoms with van der Waals surface area (Å²) in [7, 11) is 1.55. The molecule has 2 fully saturated rings. The van der Waals surface area contributed by atoms with Crippen molar-refractivity contribution in [2.45, 2.75) is 46.5 Å². The predicted molar refractivity (Wildman–Crippen MR) is 120 cm³/mol. The molecule has 2 aliphatic rings. The number of nitrogens with zero attached hydrogens (tertiary/aromatic N) is 4. The average molecular weight is 436 g/mol. The first-order chi connectivity index (χ1) is 14.2. The van der Waals surface area contributed by atoms with Crippen LogP contribution in [0.3, 0.4) is 0 Å². The third-order valence-corrected chi connectivity index (χ3v) is 6.80. The molecule has 0 saturated carbocycles. The van der Waals surface area contributed by atoms with E-state index >= 15 is 0 Å². The van der Waals surface area contributed by atoms with Gasteiger partial charge in [0.15, 0.2) is 0 Å². The van der Waals surface area contributed by atoms with Crippen molar-refractivity contribution >= 4 is 28.4 Å². The molecule has 1 aromatic rings. The van der Waals surface area contributed by atoms with Gasteiger partial charge in [0.25, 0.3) is 5.91 Å². The van der Waals surface area contributed by atoms with Gasteiger partial charge < -0.3 is 20.1 Å². The Hall–Kier alpha value is -1.86. The highest BCUT2D eigenvalue weighted by molar-refractivity contribution is 6.73. The van der Waals surface area contributed by atoms with Crippen molar-refractivity contribution in [3.05, 3.63) is 23.1 Å². The Morgan fingerprint density at radius 1 is 1.27 bits per heavy atom. The minimum Gasteiger partial charge on any atom is -0.396 e. The average Bonchev–Trinajstić information content (AvgIpc) is 3.16. The molecule has 0 aliphatic carbocycles. The number of aromatic nitrogens is 1. The van der Waals surface area contributed by atoms with E-state index in [1.54, 1.807) is 20.0 Å². The number of carbonyl (C=O) groups is 1. The van der Waals surface area contributed by atoms with E-state index in [1.165, 1.54) is 19.4 Å². The number of aryl methyl sites for hydroxylation is 1. The lowest BCUT2D eigenvalue weighted by Gasteiger charge is -2.47. The molecule has 2 N–H and O–H groups in total. The molecule has 2 saturated heterocycles. The number of piperidine rings is 2. The van der Waals surface area contributed by atoms with Gasteiger partial charge in [0.2, 0.25) is 0 Å². The molecule has 3 heterocycles. The van der Waals surface area contributed by atoms with Gasteiger partial charge in [-0.2, -0.15) is 0 Å². The molecular formula is C22H34ClN5O2. The van der Waals surface area contributed by atoms with Crippen LogP contribution in [-0.2, 0) is 4.79 Å². The van der Waals surface area contributed by atoms with Crippen LogP contribution in [0.2, 0.25) is 0 Å². The van der Waals surface area contributed by atoms with Gasteiger partial charge in [-0.15, -0.1) is 0 Å². The molecule has 1 aromatic heterocycles. The SMILES string of the molecule is CN=C(Cl)/C(C(=O)N1CCC2(CCN(CC(C)C)CC2)CC1)=C(\N)c1cc(C)on1. The van der Waals surface area contributed by atoms with E-state index in [-0.39, 0.29) is 22.3 Å². The number of hydrogen-bond donors (Lipinski definition) is 1. The fourth-order valence-corrected chi connectivity index (χ4v) is 4.80. The number of amides is 1. The van der Waals surface area contributed by atoms with E-state index in [0.29, 0.717) is 35.9 Å². The van der Waals surface area contributed by atoms with Gasteiger partial charge in [0.1, 0.15) is 22.2 Å². The summed E-state index contributed by atoms with van der Waals surface area (Å²) in [5.41, 5.74) is 7.43. The van der Waals surface area contributed by atoms with Gasteiger partial charge in [-0.3, -0.25) is 9.79 Å². The molecule has 1 spiro atoms. The van der Waals surface area contributed by atoms with E-state index in [2.05, 4.69) is 28.9 Å². The second kappa shape index (κ2) is 9.52. The van der Waals surface area contributed by atoms with E-state index in [1.807, 2.05) is 4.90 Å². The summed E-state index contributed by atoms with van der Waals surface area (Å²) in [6.45, 7) is 11.2. The van der Waals surface area contributed by atoms with Crippen molar-refractivity contribution in [2.24, 2.45) is 22.1 Å². The Labute approximate surface area is 184 Å². The lowest BCUT2D eigenvalue weighted by Crippen LogP contribution is -2.49. The minimum atomic E-state index is -0.184. The second-order valence-corrected chi connectivity index (χ2v) is 9.47. The summed E-state index contributed by atoms with van der Waals surface area (Å²) in [6, 6.07) is 1.69. The van der Waals surface area contributed by atoms with Crippen LogP contribution in [-0.4, -0.2) is 65.8 Å². The molecule has 3 rings (SSSR count). The van der Waals surface area contributed by atoms with E-state index in [4.69, 9.17) is 21.9 Å². The van der Waals surface area contributed by atoms with Gasteiger partial charge in [0, 0.05) is 32.7 Å². The molecule has 1 amide bonds. The van der Waals surface area contributed by atoms with Crippen LogP contribution < -0.4 is 5.73 Å². The Morgan fingerprint density at radius 2 is 1.87 bits per heavy atom. The van der Waals surface area contributed by atoms with Crippen LogP contribution in [0, 0.1) is 18.3 Å². The maximum atomic E-state index is 13.3. The monoisotopic (exact) mass is 435 g/mol. The first kappa shape index (κ1) is 22.8. The molecule has 30 heavy (non-hydrogen) atoms. The maximum absolute atomic E-state index is 13.3. The van der Waals surface area contributed by atoms with Crippen molar-refractivity contribution in [1.29, 1.82) is 0 Å². The Morgan fingerprint density at radius 3 is 2.37 bits per heavy atom. The third kappa shape index (κ3) is 5.06. The molecule has 166 valence electrons. The standard InChI is InChI=1S/C22H34ClN5O2/c1-15(2)14-27-9-5-22(6-10-27)7-11-28(12-8-22)21(29)18(20(23)25-4)19(24)17-13-16(3)30-26-17/h13,15H,5-12,14,24H2,1-4H3/b19-18+,25-20?. The Bertz CT molecular complexity index is 811. The van der Waals surface area contributed by atoms with Crippen LogP contribution in [0.15, 0.2) is 21.2 Å². The number of aliphatic imine (C=N–C) groups is 1. The number of halogens is 1. The van der Waals surface area contributed by atoms with Crippen molar-refractivity contribution in [3.63, 3.8) is 0 Å². The highest BCUT2D eigenvalue weighted by Gasteiger charge is 2.39. The fraction of sp³-hybridized carbons (Fsp3) is 0.682. The molecule has 0 radical (unpaired) electrons. The van der Waals surface area contributed by atoms with Gasteiger partial charge in [-0.05, 0) is 57.0 Å². The molecular weight excluding hydrogens is 402 g/mol. The number of rotatable bonds is 5. The van der Waals surface area contributed by atoms with E-state index < -0.39 is 0 Å². The molecule has 0 atom stereocenters. The highest BCUT2D eigenvalue weighted by atomic mass is 35.5. The zero-order valence-electron chi connectivity index (χ0n) is 18.6. The lowest BCUT2D eigenvalue weighted by molar-refractivity contribution is -0.129. The second-order valence-electron chi connectivity index (χ2n) is 9.11. The largest absolute Gasteiger partial charge is 0.396 e. The molecule has 7 nitrogen and oxygen atoms in total. The van der Waals surface area contributed by atoms with E-state index in [0.717, 1.165) is 25.9 Å². The molecule has 8 heteroatoms. The Balaban J connectivity index is 1.69. The van der Waals surface area contributed by atoms with Crippen LogP contribution in [0.25, 0.3) is 5.70 Å². The summed E-state index contributed by atoms with van der Waals surface area (Å²) >= 11 is 6.30. The predicted octanol–water partition coefficient (Wildman–Crippen LogP) is 3.28. The fourth-order valence-electron chi connectivity index (χ4n) is 4.62.